The third kappa shape index (κ3) is 1.92. The molecule has 1 aromatic rings. The highest BCUT2D eigenvalue weighted by molar-refractivity contribution is 5.91. The SMILES string of the molecule is O=C(c1ccno1)N1CCC2(O)CCCCC2C1. The van der Waals surface area contributed by atoms with Gasteiger partial charge in [0.25, 0.3) is 5.91 Å². The Balaban J connectivity index is 1.72. The van der Waals surface area contributed by atoms with Gasteiger partial charge in [0.1, 0.15) is 0 Å². The Morgan fingerprint density at radius 3 is 3.17 bits per heavy atom. The molecule has 5 heteroatoms. The molecule has 0 spiro atoms. The Kier molecular flexibility index (Phi) is 2.86. The summed E-state index contributed by atoms with van der Waals surface area (Å²) in [5.74, 6) is 0.392. The summed E-state index contributed by atoms with van der Waals surface area (Å²) in [5.41, 5.74) is -0.545. The van der Waals surface area contributed by atoms with Crippen LogP contribution in [0.25, 0.3) is 0 Å². The highest BCUT2D eigenvalue weighted by Crippen LogP contribution is 2.39. The number of carbonyl (C=O) groups is 1. The first kappa shape index (κ1) is 11.7. The number of amides is 1. The summed E-state index contributed by atoms with van der Waals surface area (Å²) in [7, 11) is 0. The molecule has 1 N–H and O–H groups in total. The number of nitrogens with zero attached hydrogens (tertiary/aromatic N) is 2. The molecule has 0 aromatic carbocycles. The van der Waals surface area contributed by atoms with Crippen molar-refractivity contribution in [2.75, 3.05) is 13.1 Å². The third-order valence-electron chi connectivity index (χ3n) is 4.36. The summed E-state index contributed by atoms with van der Waals surface area (Å²) in [6, 6.07) is 1.59. The van der Waals surface area contributed by atoms with Crippen LogP contribution in [0.3, 0.4) is 0 Å². The highest BCUT2D eigenvalue weighted by Gasteiger charge is 2.44. The minimum absolute atomic E-state index is 0.111. The summed E-state index contributed by atoms with van der Waals surface area (Å²) in [6.07, 6.45) is 6.30. The largest absolute Gasteiger partial charge is 0.389 e. The van der Waals surface area contributed by atoms with E-state index in [2.05, 4.69) is 5.16 Å². The predicted molar refractivity (Wildman–Crippen MR) is 63.9 cm³/mol. The van der Waals surface area contributed by atoms with Crippen molar-refractivity contribution in [2.45, 2.75) is 37.7 Å². The first-order chi connectivity index (χ1) is 8.69. The molecular formula is C13H18N2O3. The zero-order valence-electron chi connectivity index (χ0n) is 10.3. The molecule has 1 saturated heterocycles. The molecule has 1 saturated carbocycles. The van der Waals surface area contributed by atoms with Gasteiger partial charge in [0.15, 0.2) is 0 Å². The molecular weight excluding hydrogens is 232 g/mol. The van der Waals surface area contributed by atoms with Crippen LogP contribution in [0, 0.1) is 5.92 Å². The molecule has 18 heavy (non-hydrogen) atoms. The van der Waals surface area contributed by atoms with Crippen LogP contribution >= 0.6 is 0 Å². The van der Waals surface area contributed by atoms with E-state index >= 15 is 0 Å². The monoisotopic (exact) mass is 250 g/mol. The van der Waals surface area contributed by atoms with Crippen LogP contribution in [0.4, 0.5) is 0 Å². The maximum Gasteiger partial charge on any atom is 0.292 e. The Bertz CT molecular complexity index is 431. The number of aliphatic hydroxyl groups is 1. The lowest BCUT2D eigenvalue weighted by atomic mass is 9.71. The van der Waals surface area contributed by atoms with Crippen molar-refractivity contribution in [3.63, 3.8) is 0 Å². The van der Waals surface area contributed by atoms with Crippen LogP contribution in [0.1, 0.15) is 42.7 Å². The average Bonchev–Trinajstić information content (AvgIpc) is 2.90. The van der Waals surface area contributed by atoms with E-state index in [1.54, 1.807) is 11.0 Å². The summed E-state index contributed by atoms with van der Waals surface area (Å²) in [6.45, 7) is 1.24. The molecule has 1 aliphatic heterocycles. The zero-order valence-corrected chi connectivity index (χ0v) is 10.3. The van der Waals surface area contributed by atoms with Crippen molar-refractivity contribution in [2.24, 2.45) is 5.92 Å². The van der Waals surface area contributed by atoms with Gasteiger partial charge in [-0.05, 0) is 19.3 Å². The first-order valence-electron chi connectivity index (χ1n) is 6.61. The number of likely N-dealkylation sites (tertiary alicyclic amines) is 1. The van der Waals surface area contributed by atoms with Gasteiger partial charge in [0.2, 0.25) is 5.76 Å². The third-order valence-corrected chi connectivity index (χ3v) is 4.36. The predicted octanol–water partition coefficient (Wildman–Crippen LogP) is 1.44. The van der Waals surface area contributed by atoms with Crippen molar-refractivity contribution in [3.05, 3.63) is 18.0 Å². The normalized spacial score (nSPS) is 32.1. The second-order valence-electron chi connectivity index (χ2n) is 5.42. The summed E-state index contributed by atoms with van der Waals surface area (Å²) >= 11 is 0. The first-order valence-corrected chi connectivity index (χ1v) is 6.61. The quantitative estimate of drug-likeness (QED) is 0.819. The lowest BCUT2D eigenvalue weighted by molar-refractivity contribution is -0.0889. The van der Waals surface area contributed by atoms with Gasteiger partial charge in [0, 0.05) is 25.1 Å². The lowest BCUT2D eigenvalue weighted by Crippen LogP contribution is -2.54. The number of rotatable bonds is 1. The molecule has 2 fully saturated rings. The van der Waals surface area contributed by atoms with E-state index in [0.29, 0.717) is 19.5 Å². The Morgan fingerprint density at radius 2 is 2.39 bits per heavy atom. The summed E-state index contributed by atoms with van der Waals surface area (Å²) in [5, 5.41) is 14.1. The van der Waals surface area contributed by atoms with Gasteiger partial charge in [-0.2, -0.15) is 0 Å². The lowest BCUT2D eigenvalue weighted by Gasteiger charge is -2.47. The molecule has 1 aromatic heterocycles. The van der Waals surface area contributed by atoms with Gasteiger partial charge in [-0.3, -0.25) is 4.79 Å². The highest BCUT2D eigenvalue weighted by atomic mass is 16.5. The van der Waals surface area contributed by atoms with Crippen LogP contribution in [0.5, 0.6) is 0 Å². The number of fused-ring (bicyclic) bond motifs is 1. The van der Waals surface area contributed by atoms with E-state index in [-0.39, 0.29) is 17.6 Å². The molecule has 2 aliphatic rings. The van der Waals surface area contributed by atoms with Crippen molar-refractivity contribution < 1.29 is 14.4 Å². The van der Waals surface area contributed by atoms with Crippen LogP contribution in [0.15, 0.2) is 16.8 Å². The van der Waals surface area contributed by atoms with Gasteiger partial charge in [-0.25, -0.2) is 0 Å². The number of hydrogen-bond acceptors (Lipinski definition) is 4. The maximum atomic E-state index is 12.2. The Hall–Kier alpha value is -1.36. The molecule has 2 heterocycles. The van der Waals surface area contributed by atoms with E-state index in [9.17, 15) is 9.90 Å². The van der Waals surface area contributed by atoms with E-state index in [1.807, 2.05) is 0 Å². The van der Waals surface area contributed by atoms with Crippen molar-refractivity contribution in [3.8, 4) is 0 Å². The maximum absolute atomic E-state index is 12.2. The van der Waals surface area contributed by atoms with Crippen molar-refractivity contribution in [1.82, 2.24) is 10.1 Å². The van der Waals surface area contributed by atoms with E-state index in [4.69, 9.17) is 4.52 Å². The van der Waals surface area contributed by atoms with Gasteiger partial charge in [-0.15, -0.1) is 0 Å². The molecule has 3 rings (SSSR count). The standard InChI is InChI=1S/C13H18N2O3/c16-12(11-4-7-14-18-11)15-8-6-13(17)5-2-1-3-10(13)9-15/h4,7,10,17H,1-3,5-6,8-9H2. The molecule has 1 amide bonds. The fourth-order valence-electron chi connectivity index (χ4n) is 3.24. The molecule has 5 nitrogen and oxygen atoms in total. The fraction of sp³-hybridized carbons (Fsp3) is 0.692. The zero-order chi connectivity index (χ0) is 12.6. The van der Waals surface area contributed by atoms with Gasteiger partial charge >= 0.3 is 0 Å². The summed E-state index contributed by atoms with van der Waals surface area (Å²) in [4.78, 5) is 13.9. The van der Waals surface area contributed by atoms with Crippen LogP contribution in [-0.2, 0) is 0 Å². The van der Waals surface area contributed by atoms with E-state index in [0.717, 1.165) is 25.7 Å². The van der Waals surface area contributed by atoms with Crippen LogP contribution in [-0.4, -0.2) is 39.8 Å². The van der Waals surface area contributed by atoms with Crippen LogP contribution in [0.2, 0.25) is 0 Å². The molecule has 2 atom stereocenters. The van der Waals surface area contributed by atoms with E-state index < -0.39 is 5.60 Å². The summed E-state index contributed by atoms with van der Waals surface area (Å²) < 4.78 is 4.91. The molecule has 98 valence electrons. The molecule has 1 aliphatic carbocycles. The molecule has 0 radical (unpaired) electrons. The second-order valence-corrected chi connectivity index (χ2v) is 5.42. The minimum Gasteiger partial charge on any atom is -0.389 e. The molecule has 2 unspecified atom stereocenters. The topological polar surface area (TPSA) is 66.6 Å². The van der Waals surface area contributed by atoms with E-state index in [1.165, 1.54) is 6.20 Å². The van der Waals surface area contributed by atoms with Crippen LogP contribution < -0.4 is 0 Å². The number of piperidine rings is 1. The average molecular weight is 250 g/mol. The van der Waals surface area contributed by atoms with Crippen molar-refractivity contribution >= 4 is 5.91 Å². The van der Waals surface area contributed by atoms with Gasteiger partial charge in [-0.1, -0.05) is 18.0 Å². The Morgan fingerprint density at radius 1 is 1.50 bits per heavy atom. The number of carbonyl (C=O) groups excluding carboxylic acids is 1. The second kappa shape index (κ2) is 4.39. The Labute approximate surface area is 106 Å². The van der Waals surface area contributed by atoms with Gasteiger partial charge < -0.3 is 14.5 Å². The minimum atomic E-state index is -0.545. The number of aromatic nitrogens is 1. The number of hydrogen-bond donors (Lipinski definition) is 1. The smallest absolute Gasteiger partial charge is 0.292 e. The fourth-order valence-corrected chi connectivity index (χ4v) is 3.24. The van der Waals surface area contributed by atoms with Gasteiger partial charge in [0.05, 0.1) is 11.8 Å². The van der Waals surface area contributed by atoms with Crippen molar-refractivity contribution in [1.29, 1.82) is 0 Å². The molecule has 0 bridgehead atoms.